The Kier molecular flexibility index (Phi) is 2.92. The molecule has 0 unspecified atom stereocenters. The van der Waals surface area contributed by atoms with E-state index < -0.39 is 5.97 Å². The maximum Gasteiger partial charge on any atom is 0.307 e. The maximum atomic E-state index is 11.2. The van der Waals surface area contributed by atoms with Crippen LogP contribution < -0.4 is 10.4 Å². The highest BCUT2D eigenvalue weighted by Gasteiger charge is 2.16. The van der Waals surface area contributed by atoms with Gasteiger partial charge in [0.25, 0.3) is 0 Å². The van der Waals surface area contributed by atoms with E-state index in [9.17, 15) is 9.90 Å². The van der Waals surface area contributed by atoms with Gasteiger partial charge in [-0.05, 0) is 33.6 Å². The molecule has 1 N–H and O–H groups in total. The second-order valence-electron chi connectivity index (χ2n) is 4.71. The summed E-state index contributed by atoms with van der Waals surface area (Å²) in [6.45, 7) is 0. The first-order valence-corrected chi connectivity index (χ1v) is 6.34. The second kappa shape index (κ2) is 4.73. The van der Waals surface area contributed by atoms with Gasteiger partial charge in [-0.25, -0.2) is 0 Å². The van der Waals surface area contributed by atoms with Crippen molar-refractivity contribution in [3.63, 3.8) is 0 Å². The van der Waals surface area contributed by atoms with Crippen LogP contribution in [0.4, 0.5) is 0 Å². The Morgan fingerprint density at radius 1 is 1.16 bits per heavy atom. The van der Waals surface area contributed by atoms with E-state index in [1.807, 2.05) is 36.4 Å². The molecule has 0 saturated carbocycles. The number of carbonyl (C=O) groups is 1. The normalized spacial score (nSPS) is 16.5. The maximum absolute atomic E-state index is 11.2. The Balaban J connectivity index is 2.35. The lowest BCUT2D eigenvalue weighted by molar-refractivity contribution is -0.135. The van der Waals surface area contributed by atoms with Gasteiger partial charge >= 0.3 is 5.97 Å². The topological polar surface area (TPSA) is 37.3 Å². The van der Waals surface area contributed by atoms with E-state index in [1.165, 1.54) is 5.57 Å². The summed E-state index contributed by atoms with van der Waals surface area (Å²) >= 11 is 0. The predicted octanol–water partition coefficient (Wildman–Crippen LogP) is 1.92. The lowest BCUT2D eigenvalue weighted by Gasteiger charge is -2.15. The minimum absolute atomic E-state index is 0.0574. The molecule has 0 amide bonds. The number of benzene rings is 1. The van der Waals surface area contributed by atoms with Gasteiger partial charge in [-0.3, -0.25) is 4.79 Å². The molecule has 0 saturated heterocycles. The van der Waals surface area contributed by atoms with Crippen LogP contribution in [0.1, 0.15) is 12.8 Å². The van der Waals surface area contributed by atoms with Crippen molar-refractivity contribution in [1.29, 1.82) is 0 Å². The van der Waals surface area contributed by atoms with Crippen molar-refractivity contribution in [2.45, 2.75) is 12.8 Å². The molecule has 19 heavy (non-hydrogen) atoms. The van der Waals surface area contributed by atoms with E-state index in [4.69, 9.17) is 0 Å². The molecule has 2 nitrogen and oxygen atoms in total. The summed E-state index contributed by atoms with van der Waals surface area (Å²) in [5.41, 5.74) is 3.16. The smallest absolute Gasteiger partial charge is 0.307 e. The third-order valence-corrected chi connectivity index (χ3v) is 3.49. The monoisotopic (exact) mass is 250 g/mol. The molecule has 0 atom stereocenters. The van der Waals surface area contributed by atoms with Crippen LogP contribution in [0.25, 0.3) is 11.6 Å². The van der Waals surface area contributed by atoms with Crippen molar-refractivity contribution in [2.24, 2.45) is 0 Å². The summed E-state index contributed by atoms with van der Waals surface area (Å²) in [5, 5.41) is 11.3. The molecular weight excluding hydrogens is 236 g/mol. The first-order valence-electron chi connectivity index (χ1n) is 6.34. The molecule has 94 valence electrons. The van der Waals surface area contributed by atoms with E-state index in [-0.39, 0.29) is 6.42 Å². The van der Waals surface area contributed by atoms with Gasteiger partial charge in [0.1, 0.15) is 0 Å². The van der Waals surface area contributed by atoms with Gasteiger partial charge < -0.3 is 5.11 Å². The molecular formula is C17H14O2. The minimum Gasteiger partial charge on any atom is -0.481 e. The van der Waals surface area contributed by atoms with Crippen LogP contribution in [0.5, 0.6) is 0 Å². The molecule has 0 aromatic heterocycles. The molecule has 1 aromatic rings. The number of aliphatic carboxylic acids is 1. The van der Waals surface area contributed by atoms with Gasteiger partial charge in [-0.1, -0.05) is 54.6 Å². The van der Waals surface area contributed by atoms with Crippen LogP contribution in [0.15, 0.2) is 59.7 Å². The lowest BCUT2D eigenvalue weighted by Crippen LogP contribution is -2.27. The molecule has 0 radical (unpaired) electrons. The molecule has 3 rings (SSSR count). The van der Waals surface area contributed by atoms with Crippen LogP contribution in [-0.2, 0) is 4.79 Å². The van der Waals surface area contributed by atoms with E-state index >= 15 is 0 Å². The van der Waals surface area contributed by atoms with Gasteiger partial charge in [0.15, 0.2) is 0 Å². The van der Waals surface area contributed by atoms with Gasteiger partial charge in [-0.2, -0.15) is 0 Å². The first kappa shape index (κ1) is 11.7. The van der Waals surface area contributed by atoms with Crippen molar-refractivity contribution in [3.8, 4) is 0 Å². The molecule has 2 heteroatoms. The molecule has 2 aliphatic carbocycles. The van der Waals surface area contributed by atoms with Gasteiger partial charge in [0.2, 0.25) is 0 Å². The first-order chi connectivity index (χ1) is 9.25. The number of hydrogen-bond donors (Lipinski definition) is 1. The quantitative estimate of drug-likeness (QED) is 0.870. The summed E-state index contributed by atoms with van der Waals surface area (Å²) in [6, 6.07) is 7.96. The number of allylic oxidation sites excluding steroid dienone is 6. The standard InChI is InChI=1S/C17H14O2/c18-17(19)11-16-14-7-3-1-5-12(14)9-10-13-6-2-4-8-15(13)16/h1-5,7-10H,6,11H2,(H,18,19). The molecule has 0 spiro atoms. The number of carboxylic acids is 1. The summed E-state index contributed by atoms with van der Waals surface area (Å²) < 4.78 is 0. The van der Waals surface area contributed by atoms with Crippen LogP contribution in [0.2, 0.25) is 0 Å². The van der Waals surface area contributed by atoms with Crippen molar-refractivity contribution in [2.75, 3.05) is 0 Å². The Bertz CT molecular complexity index is 746. The van der Waals surface area contributed by atoms with Crippen LogP contribution in [0, 0.1) is 0 Å². The van der Waals surface area contributed by atoms with E-state index in [1.54, 1.807) is 0 Å². The molecule has 1 aromatic carbocycles. The third kappa shape index (κ3) is 2.17. The van der Waals surface area contributed by atoms with Gasteiger partial charge in [-0.15, -0.1) is 0 Å². The van der Waals surface area contributed by atoms with Crippen LogP contribution in [-0.4, -0.2) is 11.1 Å². The largest absolute Gasteiger partial charge is 0.481 e. The molecule has 0 aliphatic heterocycles. The number of carboxylic acid groups (broad SMARTS) is 1. The zero-order chi connectivity index (χ0) is 13.2. The van der Waals surface area contributed by atoms with Gasteiger partial charge in [0, 0.05) is 0 Å². The summed E-state index contributed by atoms with van der Waals surface area (Å²) in [4.78, 5) is 11.2. The van der Waals surface area contributed by atoms with Crippen LogP contribution in [0.3, 0.4) is 0 Å². The van der Waals surface area contributed by atoms with E-state index in [2.05, 4.69) is 18.2 Å². The average Bonchev–Trinajstić information content (AvgIpc) is 2.57. The molecule has 0 bridgehead atoms. The van der Waals surface area contributed by atoms with Gasteiger partial charge in [0.05, 0.1) is 6.42 Å². The second-order valence-corrected chi connectivity index (χ2v) is 4.71. The zero-order valence-electron chi connectivity index (χ0n) is 10.5. The third-order valence-electron chi connectivity index (χ3n) is 3.49. The highest BCUT2D eigenvalue weighted by Crippen LogP contribution is 2.29. The Morgan fingerprint density at radius 2 is 2.00 bits per heavy atom. The van der Waals surface area contributed by atoms with Crippen LogP contribution >= 0.6 is 0 Å². The fraction of sp³-hybridized carbons (Fsp3) is 0.118. The Hall–Kier alpha value is -2.35. The Morgan fingerprint density at radius 3 is 2.84 bits per heavy atom. The molecule has 0 heterocycles. The summed E-state index contributed by atoms with van der Waals surface area (Å²) in [5.74, 6) is -0.790. The molecule has 2 aliphatic rings. The average molecular weight is 250 g/mol. The highest BCUT2D eigenvalue weighted by molar-refractivity contribution is 5.87. The fourth-order valence-corrected chi connectivity index (χ4v) is 2.62. The predicted molar refractivity (Wildman–Crippen MR) is 75.7 cm³/mol. The number of hydrogen-bond acceptors (Lipinski definition) is 1. The Labute approximate surface area is 111 Å². The minimum atomic E-state index is -0.790. The lowest BCUT2D eigenvalue weighted by atomic mass is 9.89. The summed E-state index contributed by atoms with van der Waals surface area (Å²) in [7, 11) is 0. The van der Waals surface area contributed by atoms with E-state index in [0.717, 1.165) is 28.0 Å². The highest BCUT2D eigenvalue weighted by atomic mass is 16.4. The fourth-order valence-electron chi connectivity index (χ4n) is 2.62. The van der Waals surface area contributed by atoms with E-state index in [0.29, 0.717) is 0 Å². The van der Waals surface area contributed by atoms with Crippen molar-refractivity contribution in [3.05, 3.63) is 70.2 Å². The van der Waals surface area contributed by atoms with Crippen molar-refractivity contribution in [1.82, 2.24) is 0 Å². The number of fused-ring (bicyclic) bond motifs is 2. The van der Waals surface area contributed by atoms with Crippen molar-refractivity contribution < 1.29 is 9.90 Å². The van der Waals surface area contributed by atoms with Crippen molar-refractivity contribution >= 4 is 17.6 Å². The molecule has 0 fully saturated rings. The summed E-state index contributed by atoms with van der Waals surface area (Å²) in [6.07, 6.45) is 11.2. The number of rotatable bonds is 2. The zero-order valence-corrected chi connectivity index (χ0v) is 10.5. The SMILES string of the molecule is O=C(O)CC1=c2ccccc2=CC=C2CC=CC=C21.